The number of halogens is 4. The van der Waals surface area contributed by atoms with Gasteiger partial charge in [-0.15, -0.1) is 0 Å². The maximum Gasteiger partial charge on any atom is 1.00 e. The van der Waals surface area contributed by atoms with Crippen LogP contribution in [0.4, 0.5) is 0 Å². The van der Waals surface area contributed by atoms with Crippen LogP contribution in [-0.2, 0) is 0 Å². The molecule has 0 unspecified atom stereocenters. The molecule has 0 aromatic rings. The topological polar surface area (TPSA) is 0 Å². The molecule has 0 N–H and O–H groups in total. The van der Waals surface area contributed by atoms with Crippen LogP contribution in [-0.4, -0.2) is 9.39 Å². The lowest BCUT2D eigenvalue weighted by Gasteiger charge is -1.97. The first-order valence-electron chi connectivity index (χ1n) is 0.873. The second-order valence-electron chi connectivity index (χ2n) is 0.495. The van der Waals surface area contributed by atoms with Crippen molar-refractivity contribution in [2.45, 2.75) is 0 Å². The molecule has 0 aromatic carbocycles. The Bertz CT molecular complexity index is 23.0. The Morgan fingerprint density at radius 3 is 1.00 bits per heavy atom. The average Bonchev–Trinajstić information content (AvgIpc) is 0.722. The Morgan fingerprint density at radius 2 is 1.00 bits per heavy atom. The van der Waals surface area contributed by atoms with E-state index < -0.39 is 9.39 Å². The molecule has 0 nitrogen and oxygen atoms in total. The summed E-state index contributed by atoms with van der Waals surface area (Å²) in [6, 6.07) is 0. The van der Waals surface area contributed by atoms with Crippen molar-refractivity contribution in [2.75, 3.05) is 0 Å². The molecule has 0 aromatic heterocycles. The molecule has 0 aliphatic heterocycles. The molecular formula is HAlCl4. The molecule has 0 spiro atoms. The third kappa shape index (κ3) is 27.1. The average molecular weight is 170 g/mol. The Kier molecular flexibility index (Phi) is 2.84. The van der Waals surface area contributed by atoms with Crippen molar-refractivity contribution >= 4 is 49.6 Å². The van der Waals surface area contributed by atoms with Gasteiger partial charge >= 0.3 is 10.8 Å². The highest BCUT2D eigenvalue weighted by atomic mass is 35.9. The molecule has 0 amide bonds. The Morgan fingerprint density at radius 1 is 1.00 bits per heavy atom. The van der Waals surface area contributed by atoms with Crippen molar-refractivity contribution in [3.63, 3.8) is 0 Å². The van der Waals surface area contributed by atoms with Crippen LogP contribution in [0.3, 0.4) is 0 Å². The van der Waals surface area contributed by atoms with E-state index in [9.17, 15) is 0 Å². The molecule has 0 radical (unpaired) electrons. The van der Waals surface area contributed by atoms with Gasteiger partial charge in [0.15, 0.2) is 0 Å². The summed E-state index contributed by atoms with van der Waals surface area (Å²) in [6.07, 6.45) is 0. The van der Waals surface area contributed by atoms with Crippen molar-refractivity contribution in [2.24, 2.45) is 0 Å². The van der Waals surface area contributed by atoms with E-state index in [1.54, 1.807) is 0 Å². The number of rotatable bonds is 0. The van der Waals surface area contributed by atoms with Crippen LogP contribution in [0.5, 0.6) is 0 Å². The van der Waals surface area contributed by atoms with E-state index in [0.717, 1.165) is 0 Å². The second kappa shape index (κ2) is 2.12. The molecular weight excluding hydrogens is 169 g/mol. The molecule has 0 saturated heterocycles. The fourth-order valence-electron chi connectivity index (χ4n) is 0. The summed E-state index contributed by atoms with van der Waals surface area (Å²) in [5, 5.41) is 0. The fourth-order valence-corrected chi connectivity index (χ4v) is 0. The first-order valence-corrected chi connectivity index (χ1v) is 7.86. The number of hydrogen-bond acceptors (Lipinski definition) is 0. The van der Waals surface area contributed by atoms with Crippen molar-refractivity contribution in [3.8, 4) is 0 Å². The Hall–Kier alpha value is 1.69. The van der Waals surface area contributed by atoms with Gasteiger partial charge in [-0.1, -0.05) is 0 Å². The monoisotopic (exact) mass is 168 g/mol. The Labute approximate surface area is 50.9 Å². The SMILES string of the molecule is [Cl][Al-]([Cl])([Cl])[Cl].[H+]. The molecule has 0 rings (SSSR count). The van der Waals surface area contributed by atoms with Crippen molar-refractivity contribution in [1.29, 1.82) is 0 Å². The summed E-state index contributed by atoms with van der Waals surface area (Å²) in [6.45, 7) is 0. The van der Waals surface area contributed by atoms with Gasteiger partial charge in [0.2, 0.25) is 0 Å². The maximum absolute atomic E-state index is 4.99. The second-order valence-corrected chi connectivity index (χ2v) is 13.4. The summed E-state index contributed by atoms with van der Waals surface area (Å²) in [5.41, 5.74) is 0. The van der Waals surface area contributed by atoms with Crippen LogP contribution in [0.1, 0.15) is 1.43 Å². The van der Waals surface area contributed by atoms with Gasteiger partial charge in [0.05, 0.1) is 0 Å². The zero-order chi connectivity index (χ0) is 4.50. The standard InChI is InChI=1S/Al.4ClH/h;4*1H/q+3;;;;/p-3. The lowest BCUT2D eigenvalue weighted by molar-refractivity contribution is 3.80. The summed E-state index contributed by atoms with van der Waals surface area (Å²) >= 11 is 0. The van der Waals surface area contributed by atoms with Gasteiger partial charge in [0.1, 0.15) is 0 Å². The van der Waals surface area contributed by atoms with Gasteiger partial charge in [0.25, 0.3) is 0 Å². The minimum absolute atomic E-state index is 0. The van der Waals surface area contributed by atoms with Gasteiger partial charge in [-0.25, -0.2) is 0 Å². The fraction of sp³-hybridized carbons (Fsp3) is 0. The van der Waals surface area contributed by atoms with Crippen molar-refractivity contribution in [3.05, 3.63) is 0 Å². The minimum atomic E-state index is -2.94. The smallest absolute Gasteiger partial charge is 0.391 e. The van der Waals surface area contributed by atoms with E-state index >= 15 is 0 Å². The summed E-state index contributed by atoms with van der Waals surface area (Å²) in [7, 11) is 17.0. The first-order chi connectivity index (χ1) is 2.00. The summed E-state index contributed by atoms with van der Waals surface area (Å²) < 4.78 is 0. The lowest BCUT2D eigenvalue weighted by atomic mass is 26.5. The van der Waals surface area contributed by atoms with Crippen molar-refractivity contribution < 1.29 is 1.43 Å². The lowest BCUT2D eigenvalue weighted by Crippen LogP contribution is -1.91. The highest BCUT2D eigenvalue weighted by Crippen LogP contribution is 2.23. The Balaban J connectivity index is 0. The van der Waals surface area contributed by atoms with Gasteiger partial charge < -0.3 is 40.2 Å². The number of hydrogen-bond donors (Lipinski definition) is 0. The first kappa shape index (κ1) is 6.69. The van der Waals surface area contributed by atoms with Gasteiger partial charge in [-0.3, -0.25) is 0 Å². The molecule has 0 heterocycles. The van der Waals surface area contributed by atoms with E-state index in [0.29, 0.717) is 0 Å². The molecule has 0 aliphatic rings. The highest BCUT2D eigenvalue weighted by Gasteiger charge is 2.14. The zero-order valence-electron chi connectivity index (χ0n) is 3.09. The van der Waals surface area contributed by atoms with Crippen LogP contribution in [0.15, 0.2) is 0 Å². The van der Waals surface area contributed by atoms with Crippen LogP contribution in [0.25, 0.3) is 0 Å². The van der Waals surface area contributed by atoms with Crippen LogP contribution in [0.2, 0.25) is 0 Å². The van der Waals surface area contributed by atoms with Crippen molar-refractivity contribution in [1.82, 2.24) is 0 Å². The zero-order valence-corrected chi connectivity index (χ0v) is 6.27. The van der Waals surface area contributed by atoms with Crippen LogP contribution < -0.4 is 0 Å². The minimum Gasteiger partial charge on any atom is -0.391 e. The van der Waals surface area contributed by atoms with E-state index in [4.69, 9.17) is 40.2 Å². The molecule has 0 aliphatic carbocycles. The molecule has 0 saturated carbocycles. The highest BCUT2D eigenvalue weighted by molar-refractivity contribution is 7.81. The maximum atomic E-state index is 4.99. The molecule has 0 atom stereocenters. The van der Waals surface area contributed by atoms with E-state index in [2.05, 4.69) is 0 Å². The van der Waals surface area contributed by atoms with Gasteiger partial charge in [0, 0.05) is 0 Å². The summed E-state index contributed by atoms with van der Waals surface area (Å²) in [5.74, 6) is 0. The van der Waals surface area contributed by atoms with E-state index in [1.807, 2.05) is 0 Å². The van der Waals surface area contributed by atoms with Gasteiger partial charge in [-0.05, 0) is 0 Å². The van der Waals surface area contributed by atoms with E-state index in [1.165, 1.54) is 0 Å². The molecule has 0 bridgehead atoms. The third-order valence-electron chi connectivity index (χ3n) is 0. The van der Waals surface area contributed by atoms with Crippen LogP contribution >= 0.6 is 40.2 Å². The molecule has 5 heteroatoms. The summed E-state index contributed by atoms with van der Waals surface area (Å²) in [4.78, 5) is 0. The third-order valence-corrected chi connectivity index (χ3v) is 0. The largest absolute Gasteiger partial charge is 1.00 e. The predicted octanol–water partition coefficient (Wildman–Crippen LogP) is 2.49. The van der Waals surface area contributed by atoms with E-state index in [-0.39, 0.29) is 1.43 Å². The van der Waals surface area contributed by atoms with Gasteiger partial charge in [-0.2, -0.15) is 0 Å². The quantitative estimate of drug-likeness (QED) is 0.489. The molecule has 5 heavy (non-hydrogen) atoms. The predicted molar refractivity (Wildman–Crippen MR) is 30.3 cm³/mol. The molecule has 0 fully saturated rings. The normalized spacial score (nSPS) is 12.0. The van der Waals surface area contributed by atoms with Crippen LogP contribution in [0, 0.1) is 0 Å². The molecule has 32 valence electrons.